The Morgan fingerprint density at radius 3 is 1.69 bits per heavy atom. The monoisotopic (exact) mass is 187 g/mol. The third-order valence-electron chi connectivity index (χ3n) is 1.53. The molecule has 74 valence electrons. The Bertz CT molecular complexity index is 227. The fraction of sp³-hybridized carbons (Fsp3) is 0.500. The Hall–Kier alpha value is -1.52. The van der Waals surface area contributed by atoms with Gasteiger partial charge in [-0.05, 0) is 6.92 Å². The van der Waals surface area contributed by atoms with Crippen LogP contribution in [0, 0.1) is 0 Å². The summed E-state index contributed by atoms with van der Waals surface area (Å²) in [4.78, 5) is 22.2. The topological polar surface area (TPSA) is 64.6 Å². The van der Waals surface area contributed by atoms with Crippen molar-refractivity contribution in [2.24, 2.45) is 0 Å². The average Bonchev–Trinajstić information content (AvgIpc) is 2.16. The Morgan fingerprint density at radius 1 is 1.08 bits per heavy atom. The van der Waals surface area contributed by atoms with Crippen LogP contribution in [0.25, 0.3) is 0 Å². The summed E-state index contributed by atoms with van der Waals surface area (Å²) >= 11 is 0. The molecular formula is C8H13NO4. The second-order valence-electron chi connectivity index (χ2n) is 2.23. The molecule has 0 bridgehead atoms. The van der Waals surface area contributed by atoms with Crippen molar-refractivity contribution in [2.75, 3.05) is 21.3 Å². The van der Waals surface area contributed by atoms with Crippen LogP contribution in [-0.4, -0.2) is 33.2 Å². The Morgan fingerprint density at radius 2 is 1.46 bits per heavy atom. The van der Waals surface area contributed by atoms with Crippen LogP contribution in [0.5, 0.6) is 0 Å². The summed E-state index contributed by atoms with van der Waals surface area (Å²) in [6.45, 7) is 1.59. The van der Waals surface area contributed by atoms with E-state index in [1.807, 2.05) is 0 Å². The van der Waals surface area contributed by atoms with Gasteiger partial charge in [-0.1, -0.05) is 0 Å². The predicted octanol–water partition coefficient (Wildman–Crippen LogP) is -0.174. The number of rotatable bonds is 3. The zero-order valence-corrected chi connectivity index (χ0v) is 8.13. The highest BCUT2D eigenvalue weighted by molar-refractivity contribution is 6.14. The molecule has 0 amide bonds. The molecule has 0 fully saturated rings. The molecule has 0 aliphatic rings. The van der Waals surface area contributed by atoms with Gasteiger partial charge >= 0.3 is 11.9 Å². The van der Waals surface area contributed by atoms with Crippen molar-refractivity contribution in [3.05, 3.63) is 11.3 Å². The number of hydrogen-bond acceptors (Lipinski definition) is 5. The SMILES string of the molecule is CNC(C)=C(C(=O)OC)C(=O)OC. The van der Waals surface area contributed by atoms with Gasteiger partial charge in [0.2, 0.25) is 0 Å². The third-order valence-corrected chi connectivity index (χ3v) is 1.53. The first-order chi connectivity index (χ1) is 6.08. The van der Waals surface area contributed by atoms with E-state index in [-0.39, 0.29) is 5.57 Å². The van der Waals surface area contributed by atoms with E-state index in [0.717, 1.165) is 0 Å². The number of nitrogens with one attached hydrogen (secondary N) is 1. The first-order valence-electron chi connectivity index (χ1n) is 3.63. The van der Waals surface area contributed by atoms with Gasteiger partial charge in [0, 0.05) is 12.7 Å². The standard InChI is InChI=1S/C8H13NO4/c1-5(9-2)6(7(10)12-3)8(11)13-4/h9H,1-4H3. The molecule has 0 unspecified atom stereocenters. The van der Waals surface area contributed by atoms with Crippen molar-refractivity contribution in [1.82, 2.24) is 5.32 Å². The predicted molar refractivity (Wildman–Crippen MR) is 45.8 cm³/mol. The highest BCUT2D eigenvalue weighted by Crippen LogP contribution is 2.05. The number of carbonyl (C=O) groups excluding carboxylic acids is 2. The lowest BCUT2D eigenvalue weighted by Gasteiger charge is -2.07. The van der Waals surface area contributed by atoms with E-state index in [1.165, 1.54) is 14.2 Å². The quantitative estimate of drug-likeness (QED) is 0.287. The van der Waals surface area contributed by atoms with Crippen LogP contribution in [0.1, 0.15) is 6.92 Å². The van der Waals surface area contributed by atoms with Crippen molar-refractivity contribution in [3.63, 3.8) is 0 Å². The van der Waals surface area contributed by atoms with Crippen molar-refractivity contribution in [2.45, 2.75) is 6.92 Å². The summed E-state index contributed by atoms with van der Waals surface area (Å²) in [5, 5.41) is 2.67. The van der Waals surface area contributed by atoms with Crippen LogP contribution in [-0.2, 0) is 19.1 Å². The molecule has 0 aromatic carbocycles. The first-order valence-corrected chi connectivity index (χ1v) is 3.63. The molecule has 0 rings (SSSR count). The minimum atomic E-state index is -0.710. The van der Waals surface area contributed by atoms with E-state index in [9.17, 15) is 9.59 Å². The molecule has 1 N–H and O–H groups in total. The van der Waals surface area contributed by atoms with E-state index in [1.54, 1.807) is 14.0 Å². The maximum Gasteiger partial charge on any atom is 0.347 e. The van der Waals surface area contributed by atoms with E-state index in [2.05, 4.69) is 14.8 Å². The van der Waals surface area contributed by atoms with Gasteiger partial charge < -0.3 is 14.8 Å². The van der Waals surface area contributed by atoms with Crippen molar-refractivity contribution in [1.29, 1.82) is 0 Å². The molecule has 0 aromatic heterocycles. The molecule has 13 heavy (non-hydrogen) atoms. The number of esters is 2. The van der Waals surface area contributed by atoms with Gasteiger partial charge in [0.1, 0.15) is 0 Å². The summed E-state index contributed by atoms with van der Waals surface area (Å²) in [6.07, 6.45) is 0. The molecule has 0 aromatic rings. The van der Waals surface area contributed by atoms with E-state index >= 15 is 0 Å². The largest absolute Gasteiger partial charge is 0.465 e. The molecule has 0 radical (unpaired) electrons. The van der Waals surface area contributed by atoms with E-state index in [4.69, 9.17) is 0 Å². The Balaban J connectivity index is 4.97. The van der Waals surface area contributed by atoms with Gasteiger partial charge in [0.05, 0.1) is 14.2 Å². The summed E-state index contributed by atoms with van der Waals surface area (Å²) < 4.78 is 8.84. The fourth-order valence-corrected chi connectivity index (χ4v) is 0.719. The highest BCUT2D eigenvalue weighted by atomic mass is 16.5. The molecular weight excluding hydrogens is 174 g/mol. The van der Waals surface area contributed by atoms with Gasteiger partial charge in [0.25, 0.3) is 0 Å². The Kier molecular flexibility index (Phi) is 4.58. The average molecular weight is 187 g/mol. The maximum atomic E-state index is 11.1. The molecule has 0 aliphatic carbocycles. The fourth-order valence-electron chi connectivity index (χ4n) is 0.719. The summed E-state index contributed by atoms with van der Waals surface area (Å²) in [6, 6.07) is 0. The smallest absolute Gasteiger partial charge is 0.347 e. The molecule has 0 heterocycles. The number of ether oxygens (including phenoxy) is 2. The van der Waals surface area contributed by atoms with Crippen LogP contribution in [0.3, 0.4) is 0 Å². The summed E-state index contributed by atoms with van der Waals surface area (Å²) in [7, 11) is 4.00. The van der Waals surface area contributed by atoms with Gasteiger partial charge in [0.15, 0.2) is 5.57 Å². The van der Waals surface area contributed by atoms with Crippen LogP contribution in [0.15, 0.2) is 11.3 Å². The van der Waals surface area contributed by atoms with Crippen molar-refractivity contribution < 1.29 is 19.1 Å². The zero-order valence-electron chi connectivity index (χ0n) is 8.13. The lowest BCUT2D eigenvalue weighted by atomic mass is 10.2. The van der Waals surface area contributed by atoms with Gasteiger partial charge in [-0.15, -0.1) is 0 Å². The minimum absolute atomic E-state index is 0.118. The minimum Gasteiger partial charge on any atom is -0.465 e. The number of allylic oxidation sites excluding steroid dienone is 1. The molecule has 5 heteroatoms. The maximum absolute atomic E-state index is 11.1. The molecule has 0 atom stereocenters. The van der Waals surface area contributed by atoms with Crippen LogP contribution < -0.4 is 5.32 Å². The lowest BCUT2D eigenvalue weighted by molar-refractivity contribution is -0.144. The number of carbonyl (C=O) groups is 2. The van der Waals surface area contributed by atoms with Crippen molar-refractivity contribution in [3.8, 4) is 0 Å². The van der Waals surface area contributed by atoms with E-state index < -0.39 is 11.9 Å². The van der Waals surface area contributed by atoms with Gasteiger partial charge in [-0.3, -0.25) is 0 Å². The molecule has 0 aliphatic heterocycles. The first kappa shape index (κ1) is 11.5. The lowest BCUT2D eigenvalue weighted by Crippen LogP contribution is -2.21. The molecule has 5 nitrogen and oxygen atoms in total. The number of methoxy groups -OCH3 is 2. The second-order valence-corrected chi connectivity index (χ2v) is 2.23. The third kappa shape index (κ3) is 2.77. The zero-order chi connectivity index (χ0) is 10.4. The Labute approximate surface area is 76.7 Å². The van der Waals surface area contributed by atoms with Crippen LogP contribution in [0.4, 0.5) is 0 Å². The normalized spacial score (nSPS) is 8.62. The van der Waals surface area contributed by atoms with Crippen LogP contribution >= 0.6 is 0 Å². The van der Waals surface area contributed by atoms with Crippen LogP contribution in [0.2, 0.25) is 0 Å². The van der Waals surface area contributed by atoms with Crippen molar-refractivity contribution >= 4 is 11.9 Å². The summed E-state index contributed by atoms with van der Waals surface area (Å²) in [5.41, 5.74) is 0.297. The molecule has 0 saturated carbocycles. The van der Waals surface area contributed by atoms with Gasteiger partial charge in [-0.2, -0.15) is 0 Å². The second kappa shape index (κ2) is 5.18. The van der Waals surface area contributed by atoms with Gasteiger partial charge in [-0.25, -0.2) is 9.59 Å². The molecule has 0 saturated heterocycles. The molecule has 0 spiro atoms. The summed E-state index contributed by atoms with van der Waals surface area (Å²) in [5.74, 6) is -1.42. The van der Waals surface area contributed by atoms with E-state index in [0.29, 0.717) is 5.70 Å². The number of hydrogen-bond donors (Lipinski definition) is 1. The highest BCUT2D eigenvalue weighted by Gasteiger charge is 2.22.